The van der Waals surface area contributed by atoms with Crippen molar-refractivity contribution in [2.75, 3.05) is 5.32 Å². The van der Waals surface area contributed by atoms with Gasteiger partial charge in [-0.25, -0.2) is 4.98 Å². The molecule has 0 aliphatic carbocycles. The molecule has 2 aromatic heterocycles. The van der Waals surface area contributed by atoms with E-state index in [0.717, 1.165) is 5.56 Å². The summed E-state index contributed by atoms with van der Waals surface area (Å²) >= 11 is 0. The molecule has 0 atom stereocenters. The summed E-state index contributed by atoms with van der Waals surface area (Å²) < 4.78 is 1.84. The number of benzene rings is 1. The normalized spacial score (nSPS) is 10.5. The predicted molar refractivity (Wildman–Crippen MR) is 76.8 cm³/mol. The first-order valence-electron chi connectivity index (χ1n) is 6.47. The molecule has 1 aromatic carbocycles. The summed E-state index contributed by atoms with van der Waals surface area (Å²) in [6, 6.07) is 9.46. The van der Waals surface area contributed by atoms with E-state index in [1.807, 2.05) is 41.2 Å². The number of carbonyl (C=O) groups is 1. The number of hydrogen-bond donors (Lipinski definition) is 2. The van der Waals surface area contributed by atoms with E-state index < -0.39 is 0 Å². The van der Waals surface area contributed by atoms with Crippen molar-refractivity contribution in [3.05, 3.63) is 59.9 Å². The molecular weight excluding hydrogens is 268 g/mol. The molecule has 3 aromatic rings. The maximum atomic E-state index is 11.9. The molecule has 0 bridgehead atoms. The Morgan fingerprint density at radius 2 is 2.14 bits per heavy atom. The topological polar surface area (TPSA) is 88.5 Å². The summed E-state index contributed by atoms with van der Waals surface area (Å²) in [4.78, 5) is 15.9. The minimum atomic E-state index is -0.334. The second-order valence-corrected chi connectivity index (χ2v) is 4.60. The van der Waals surface area contributed by atoms with E-state index in [1.54, 1.807) is 13.1 Å². The van der Waals surface area contributed by atoms with Crippen molar-refractivity contribution in [3.63, 3.8) is 0 Å². The Kier molecular flexibility index (Phi) is 3.46. The summed E-state index contributed by atoms with van der Waals surface area (Å²) in [5.74, 6) is 0.405. The van der Waals surface area contributed by atoms with Crippen LogP contribution in [0.15, 0.2) is 42.7 Å². The Labute approximate surface area is 121 Å². The van der Waals surface area contributed by atoms with E-state index in [4.69, 9.17) is 0 Å². The fourth-order valence-electron chi connectivity index (χ4n) is 1.91. The van der Waals surface area contributed by atoms with Gasteiger partial charge in [0.2, 0.25) is 5.82 Å². The predicted octanol–water partition coefficient (Wildman–Crippen LogP) is 1.61. The summed E-state index contributed by atoms with van der Waals surface area (Å²) in [7, 11) is 0. The number of hydrogen-bond acceptors (Lipinski definition) is 4. The molecule has 7 heteroatoms. The molecule has 2 heterocycles. The molecule has 21 heavy (non-hydrogen) atoms. The first-order chi connectivity index (χ1) is 10.2. The molecule has 0 fully saturated rings. The van der Waals surface area contributed by atoms with Crippen LogP contribution in [-0.2, 0) is 6.54 Å². The van der Waals surface area contributed by atoms with Crippen LogP contribution >= 0.6 is 0 Å². The van der Waals surface area contributed by atoms with Crippen LogP contribution in [0.25, 0.3) is 0 Å². The van der Waals surface area contributed by atoms with Crippen LogP contribution in [0.4, 0.5) is 5.69 Å². The quantitative estimate of drug-likeness (QED) is 0.761. The van der Waals surface area contributed by atoms with E-state index in [1.165, 1.54) is 0 Å². The lowest BCUT2D eigenvalue weighted by Crippen LogP contribution is -2.13. The van der Waals surface area contributed by atoms with Gasteiger partial charge in [-0.1, -0.05) is 12.1 Å². The van der Waals surface area contributed by atoms with Crippen LogP contribution in [0.2, 0.25) is 0 Å². The van der Waals surface area contributed by atoms with Gasteiger partial charge in [0.1, 0.15) is 5.82 Å². The molecule has 0 saturated carbocycles. The summed E-state index contributed by atoms with van der Waals surface area (Å²) in [6.07, 6.45) is 3.65. The second-order valence-electron chi connectivity index (χ2n) is 4.60. The van der Waals surface area contributed by atoms with Crippen LogP contribution in [0.1, 0.15) is 22.0 Å². The zero-order valence-corrected chi connectivity index (χ0v) is 11.4. The zero-order chi connectivity index (χ0) is 14.7. The second kappa shape index (κ2) is 5.58. The Bertz CT molecular complexity index is 729. The highest BCUT2D eigenvalue weighted by Crippen LogP contribution is 2.11. The summed E-state index contributed by atoms with van der Waals surface area (Å²) in [5, 5.41) is 13.4. The van der Waals surface area contributed by atoms with Crippen molar-refractivity contribution in [1.29, 1.82) is 0 Å². The number of aromatic nitrogens is 5. The third-order valence-electron chi connectivity index (χ3n) is 2.92. The molecule has 0 spiro atoms. The van der Waals surface area contributed by atoms with E-state index in [0.29, 0.717) is 18.1 Å². The van der Waals surface area contributed by atoms with Crippen molar-refractivity contribution >= 4 is 11.6 Å². The highest BCUT2D eigenvalue weighted by Gasteiger charge is 2.11. The average molecular weight is 282 g/mol. The van der Waals surface area contributed by atoms with Crippen LogP contribution in [0.5, 0.6) is 0 Å². The van der Waals surface area contributed by atoms with Crippen LogP contribution in [0.3, 0.4) is 0 Å². The molecule has 2 N–H and O–H groups in total. The van der Waals surface area contributed by atoms with E-state index in [9.17, 15) is 4.79 Å². The highest BCUT2D eigenvalue weighted by molar-refractivity contribution is 6.01. The molecule has 3 rings (SSSR count). The molecule has 0 unspecified atom stereocenters. The maximum absolute atomic E-state index is 11.9. The van der Waals surface area contributed by atoms with Gasteiger partial charge in [-0.05, 0) is 30.7 Å². The number of nitrogens with zero attached hydrogens (tertiary/aromatic N) is 4. The van der Waals surface area contributed by atoms with Crippen molar-refractivity contribution in [2.45, 2.75) is 13.5 Å². The SMILES string of the molecule is Cc1nc(C(=O)Nc2ccc(Cn3cccn3)cc2)n[nH]1. The lowest BCUT2D eigenvalue weighted by atomic mass is 10.2. The fourth-order valence-corrected chi connectivity index (χ4v) is 1.91. The number of aromatic amines is 1. The smallest absolute Gasteiger partial charge is 0.295 e. The van der Waals surface area contributed by atoms with Gasteiger partial charge >= 0.3 is 0 Å². The zero-order valence-electron chi connectivity index (χ0n) is 11.4. The maximum Gasteiger partial charge on any atom is 0.295 e. The number of carbonyl (C=O) groups excluding carboxylic acids is 1. The van der Waals surface area contributed by atoms with Crippen molar-refractivity contribution in [1.82, 2.24) is 25.0 Å². The van der Waals surface area contributed by atoms with Crippen LogP contribution < -0.4 is 5.32 Å². The number of H-pyrrole nitrogens is 1. The number of rotatable bonds is 4. The fraction of sp³-hybridized carbons (Fsp3) is 0.143. The molecule has 0 aliphatic rings. The Balaban J connectivity index is 1.65. The van der Waals surface area contributed by atoms with E-state index in [-0.39, 0.29) is 11.7 Å². The number of aryl methyl sites for hydroxylation is 1. The lowest BCUT2D eigenvalue weighted by molar-refractivity contribution is 0.101. The molecule has 106 valence electrons. The number of nitrogens with one attached hydrogen (secondary N) is 2. The summed E-state index contributed by atoms with van der Waals surface area (Å²) in [5.41, 5.74) is 1.80. The van der Waals surface area contributed by atoms with E-state index >= 15 is 0 Å². The van der Waals surface area contributed by atoms with E-state index in [2.05, 4.69) is 25.6 Å². The van der Waals surface area contributed by atoms with Crippen molar-refractivity contribution in [2.24, 2.45) is 0 Å². The van der Waals surface area contributed by atoms with Gasteiger partial charge in [-0.15, -0.1) is 5.10 Å². The van der Waals surface area contributed by atoms with Gasteiger partial charge in [0.15, 0.2) is 0 Å². The number of anilines is 1. The molecular formula is C14H14N6O. The average Bonchev–Trinajstić information content (AvgIpc) is 3.12. The Hall–Kier alpha value is -2.96. The molecule has 7 nitrogen and oxygen atoms in total. The Morgan fingerprint density at radius 3 is 2.76 bits per heavy atom. The van der Waals surface area contributed by atoms with Gasteiger partial charge in [-0.3, -0.25) is 14.6 Å². The van der Waals surface area contributed by atoms with Crippen LogP contribution in [0, 0.1) is 6.92 Å². The lowest BCUT2D eigenvalue weighted by Gasteiger charge is -2.05. The highest BCUT2D eigenvalue weighted by atomic mass is 16.2. The first kappa shape index (κ1) is 13.0. The Morgan fingerprint density at radius 1 is 1.33 bits per heavy atom. The monoisotopic (exact) mass is 282 g/mol. The summed E-state index contributed by atoms with van der Waals surface area (Å²) in [6.45, 7) is 2.44. The molecule has 1 amide bonds. The van der Waals surface area contributed by atoms with Gasteiger partial charge < -0.3 is 5.32 Å². The van der Waals surface area contributed by atoms with Crippen molar-refractivity contribution in [3.8, 4) is 0 Å². The molecule has 0 saturated heterocycles. The largest absolute Gasteiger partial charge is 0.319 e. The number of amides is 1. The molecule has 0 radical (unpaired) electrons. The van der Waals surface area contributed by atoms with Crippen LogP contribution in [-0.4, -0.2) is 30.9 Å². The molecule has 0 aliphatic heterocycles. The van der Waals surface area contributed by atoms with Gasteiger partial charge in [0, 0.05) is 18.1 Å². The first-order valence-corrected chi connectivity index (χ1v) is 6.47. The third kappa shape index (κ3) is 3.14. The minimum Gasteiger partial charge on any atom is -0.319 e. The van der Waals surface area contributed by atoms with Crippen molar-refractivity contribution < 1.29 is 4.79 Å². The van der Waals surface area contributed by atoms with Gasteiger partial charge in [0.25, 0.3) is 5.91 Å². The standard InChI is InChI=1S/C14H14N6O/c1-10-16-13(19-18-10)14(21)17-12-5-3-11(4-6-12)9-20-8-2-7-15-20/h2-8H,9H2,1H3,(H,17,21)(H,16,18,19). The third-order valence-corrected chi connectivity index (χ3v) is 2.92. The minimum absolute atomic E-state index is 0.133. The van der Waals surface area contributed by atoms with Gasteiger partial charge in [0.05, 0.1) is 6.54 Å². The van der Waals surface area contributed by atoms with Gasteiger partial charge in [-0.2, -0.15) is 5.10 Å².